The normalized spacial score (nSPS) is 10.4. The number of thiazole rings is 1. The van der Waals surface area contributed by atoms with E-state index in [9.17, 15) is 0 Å². The molecule has 0 bridgehead atoms. The van der Waals surface area contributed by atoms with Crippen LogP contribution >= 0.6 is 22.9 Å². The second-order valence-corrected chi connectivity index (χ2v) is 4.67. The second-order valence-electron chi connectivity index (χ2n) is 2.91. The maximum Gasteiger partial charge on any atom is 0.139 e. The van der Waals surface area contributed by atoms with E-state index < -0.39 is 0 Å². The summed E-state index contributed by atoms with van der Waals surface area (Å²) in [6.07, 6.45) is 1.88. The van der Waals surface area contributed by atoms with E-state index in [-0.39, 0.29) is 0 Å². The zero-order chi connectivity index (χ0) is 9.97. The molecule has 2 aromatic heterocycles. The summed E-state index contributed by atoms with van der Waals surface area (Å²) in [5.41, 5.74) is 7.39. The van der Waals surface area contributed by atoms with Gasteiger partial charge in [0.2, 0.25) is 0 Å². The van der Waals surface area contributed by atoms with Gasteiger partial charge in [-0.3, -0.25) is 4.98 Å². The number of rotatable bonds is 3. The smallest absolute Gasteiger partial charge is 0.139 e. The molecule has 0 atom stereocenters. The average molecular weight is 226 g/mol. The first kappa shape index (κ1) is 9.42. The summed E-state index contributed by atoms with van der Waals surface area (Å²) in [4.78, 5) is 7.38. The average Bonchev–Trinajstić information content (AvgIpc) is 2.75. The summed E-state index contributed by atoms with van der Waals surface area (Å²) in [5, 5.41) is 1.08. The van der Waals surface area contributed by atoms with E-state index in [0.29, 0.717) is 5.82 Å². The molecule has 0 fully saturated rings. The van der Waals surface area contributed by atoms with Gasteiger partial charge in [-0.25, -0.2) is 0 Å². The van der Waals surface area contributed by atoms with Crippen molar-refractivity contribution in [1.29, 1.82) is 0 Å². The Kier molecular flexibility index (Phi) is 2.64. The molecule has 6 heteroatoms. The molecular weight excluding hydrogens is 216 g/mol. The monoisotopic (exact) mass is 226 g/mol. The van der Waals surface area contributed by atoms with Crippen molar-refractivity contribution in [2.24, 2.45) is 0 Å². The van der Waals surface area contributed by atoms with Crippen LogP contribution in [0.5, 0.6) is 0 Å². The summed E-state index contributed by atoms with van der Waals surface area (Å²) in [5.74, 6) is 0.584. The quantitative estimate of drug-likeness (QED) is 0.867. The van der Waals surface area contributed by atoms with Crippen molar-refractivity contribution < 1.29 is 0 Å². The molecule has 4 nitrogen and oxygen atoms in total. The number of anilines is 2. The van der Waals surface area contributed by atoms with Crippen LogP contribution in [0, 0.1) is 0 Å². The summed E-state index contributed by atoms with van der Waals surface area (Å²) >= 11 is 3.07. The molecule has 74 valence electrons. The number of nitrogen functional groups attached to an aromatic ring is 1. The Morgan fingerprint density at radius 2 is 2.43 bits per heavy atom. The van der Waals surface area contributed by atoms with Crippen LogP contribution < -0.4 is 10.6 Å². The highest BCUT2D eigenvalue weighted by Crippen LogP contribution is 2.23. The molecule has 0 saturated heterocycles. The van der Waals surface area contributed by atoms with Crippen LogP contribution in [-0.2, 0) is 6.54 Å². The van der Waals surface area contributed by atoms with Gasteiger partial charge in [0.1, 0.15) is 10.8 Å². The Bertz CT molecular complexity index is 395. The zero-order valence-electron chi connectivity index (χ0n) is 7.67. The van der Waals surface area contributed by atoms with Gasteiger partial charge < -0.3 is 10.6 Å². The summed E-state index contributed by atoms with van der Waals surface area (Å²) in [6, 6.07) is 1.88. The van der Waals surface area contributed by atoms with Crippen LogP contribution in [0.4, 0.5) is 10.8 Å². The van der Waals surface area contributed by atoms with Gasteiger partial charge in [0.25, 0.3) is 0 Å². The molecule has 0 amide bonds. The minimum atomic E-state index is 0.584. The molecular formula is C8H10N4S2. The predicted octanol–water partition coefficient (Wildman–Crippen LogP) is 1.82. The summed E-state index contributed by atoms with van der Waals surface area (Å²) < 4.78 is 4.03. The number of aromatic nitrogens is 2. The first-order chi connectivity index (χ1) is 6.75. The Hall–Kier alpha value is -1.14. The highest BCUT2D eigenvalue weighted by atomic mass is 32.1. The van der Waals surface area contributed by atoms with Crippen LogP contribution in [0.15, 0.2) is 17.8 Å². The molecule has 0 aliphatic carbocycles. The second kappa shape index (κ2) is 3.93. The lowest BCUT2D eigenvalue weighted by molar-refractivity contribution is 0.950. The molecule has 2 rings (SSSR count). The van der Waals surface area contributed by atoms with Crippen LogP contribution in [0.25, 0.3) is 0 Å². The SMILES string of the molecule is CN(Cc1cncs1)c1cc(N)ns1. The van der Waals surface area contributed by atoms with Crippen LogP contribution in [0.1, 0.15) is 4.88 Å². The minimum absolute atomic E-state index is 0.584. The van der Waals surface area contributed by atoms with Gasteiger partial charge in [-0.05, 0) is 11.5 Å². The van der Waals surface area contributed by atoms with Crippen molar-refractivity contribution in [3.63, 3.8) is 0 Å². The van der Waals surface area contributed by atoms with Gasteiger partial charge in [0.05, 0.1) is 12.1 Å². The topological polar surface area (TPSA) is 55.0 Å². The molecule has 14 heavy (non-hydrogen) atoms. The van der Waals surface area contributed by atoms with Crippen molar-refractivity contribution >= 4 is 33.7 Å². The van der Waals surface area contributed by atoms with Gasteiger partial charge in [-0.15, -0.1) is 11.3 Å². The predicted molar refractivity (Wildman–Crippen MR) is 60.7 cm³/mol. The highest BCUT2D eigenvalue weighted by Gasteiger charge is 2.06. The first-order valence-electron chi connectivity index (χ1n) is 4.06. The largest absolute Gasteiger partial charge is 0.383 e. The van der Waals surface area contributed by atoms with Crippen LogP contribution in [-0.4, -0.2) is 16.4 Å². The molecule has 0 radical (unpaired) electrons. The maximum atomic E-state index is 5.55. The van der Waals surface area contributed by atoms with Crippen molar-refractivity contribution in [2.45, 2.75) is 6.54 Å². The molecule has 0 aliphatic rings. The molecule has 2 heterocycles. The van der Waals surface area contributed by atoms with Gasteiger partial charge >= 0.3 is 0 Å². The lowest BCUT2D eigenvalue weighted by atomic mass is 10.5. The molecule has 0 aromatic carbocycles. The third kappa shape index (κ3) is 2.02. The number of hydrogen-bond acceptors (Lipinski definition) is 6. The fraction of sp³-hybridized carbons (Fsp3) is 0.250. The zero-order valence-corrected chi connectivity index (χ0v) is 9.31. The van der Waals surface area contributed by atoms with E-state index in [4.69, 9.17) is 5.73 Å². The van der Waals surface area contributed by atoms with E-state index in [1.54, 1.807) is 11.3 Å². The Morgan fingerprint density at radius 3 is 3.00 bits per heavy atom. The van der Waals surface area contributed by atoms with Crippen LogP contribution in [0.2, 0.25) is 0 Å². The third-order valence-corrected chi connectivity index (χ3v) is 3.45. The number of nitrogens with zero attached hydrogens (tertiary/aromatic N) is 3. The Balaban J connectivity index is 2.06. The van der Waals surface area contributed by atoms with E-state index in [0.717, 1.165) is 11.5 Å². The number of nitrogens with two attached hydrogens (primary N) is 1. The van der Waals surface area contributed by atoms with Crippen molar-refractivity contribution in [3.8, 4) is 0 Å². The molecule has 0 unspecified atom stereocenters. The molecule has 0 spiro atoms. The standard InChI is InChI=1S/C8H10N4S2/c1-12(4-6-3-10-5-13-6)8-2-7(9)11-14-8/h2-3,5H,4H2,1H3,(H2,9,11). The van der Waals surface area contributed by atoms with E-state index >= 15 is 0 Å². The third-order valence-electron chi connectivity index (χ3n) is 1.77. The Labute approximate surface area is 90.2 Å². The fourth-order valence-corrected chi connectivity index (χ4v) is 2.37. The maximum absolute atomic E-state index is 5.55. The molecule has 2 aromatic rings. The van der Waals surface area contributed by atoms with Gasteiger partial charge in [0.15, 0.2) is 0 Å². The van der Waals surface area contributed by atoms with E-state index in [2.05, 4.69) is 14.3 Å². The molecule has 0 saturated carbocycles. The van der Waals surface area contributed by atoms with Gasteiger partial charge in [-0.1, -0.05) is 0 Å². The lowest BCUT2D eigenvalue weighted by Crippen LogP contribution is -2.13. The fourth-order valence-electron chi connectivity index (χ4n) is 1.09. The highest BCUT2D eigenvalue weighted by molar-refractivity contribution is 7.10. The van der Waals surface area contributed by atoms with Gasteiger partial charge in [0, 0.05) is 24.2 Å². The summed E-state index contributed by atoms with van der Waals surface area (Å²) in [6.45, 7) is 0.853. The van der Waals surface area contributed by atoms with Crippen molar-refractivity contribution in [1.82, 2.24) is 9.36 Å². The van der Waals surface area contributed by atoms with Crippen molar-refractivity contribution in [2.75, 3.05) is 17.7 Å². The lowest BCUT2D eigenvalue weighted by Gasteiger charge is -2.14. The molecule has 2 N–H and O–H groups in total. The Morgan fingerprint density at radius 1 is 1.57 bits per heavy atom. The van der Waals surface area contributed by atoms with Gasteiger partial charge in [-0.2, -0.15) is 4.37 Å². The summed E-state index contributed by atoms with van der Waals surface area (Å²) in [7, 11) is 2.02. The minimum Gasteiger partial charge on any atom is -0.383 e. The first-order valence-corrected chi connectivity index (χ1v) is 5.71. The number of hydrogen-bond donors (Lipinski definition) is 1. The molecule has 0 aliphatic heterocycles. The van der Waals surface area contributed by atoms with Crippen LogP contribution in [0.3, 0.4) is 0 Å². The van der Waals surface area contributed by atoms with E-state index in [1.807, 2.05) is 24.8 Å². The van der Waals surface area contributed by atoms with Crippen molar-refractivity contribution in [3.05, 3.63) is 22.7 Å². The van der Waals surface area contributed by atoms with E-state index in [1.165, 1.54) is 16.4 Å².